The molecule has 2 rings (SSSR count). The van der Waals surface area contributed by atoms with E-state index in [4.69, 9.17) is 0 Å². The fourth-order valence-electron chi connectivity index (χ4n) is 3.07. The second kappa shape index (κ2) is 6.40. The highest BCUT2D eigenvalue weighted by atomic mass is 16.2. The topological polar surface area (TPSA) is 23.6 Å². The smallest absolute Gasteiger partial charge is 0.227 e. The Hall–Kier alpha value is -1.35. The molecule has 20 heavy (non-hydrogen) atoms. The van der Waals surface area contributed by atoms with Crippen LogP contribution in [0.4, 0.5) is 0 Å². The molecule has 1 heterocycles. The third-order valence-electron chi connectivity index (χ3n) is 4.34. The predicted octanol–water partition coefficient (Wildman–Crippen LogP) is 2.32. The summed E-state index contributed by atoms with van der Waals surface area (Å²) in [7, 11) is 0. The minimum absolute atomic E-state index is 0.274. The number of aryl methyl sites for hydroxylation is 3. The summed E-state index contributed by atoms with van der Waals surface area (Å²) >= 11 is 0. The molecule has 0 atom stereocenters. The summed E-state index contributed by atoms with van der Waals surface area (Å²) in [6.07, 6.45) is 0.546. The van der Waals surface area contributed by atoms with Crippen molar-refractivity contribution in [3.8, 4) is 0 Å². The van der Waals surface area contributed by atoms with Gasteiger partial charge in [0.25, 0.3) is 0 Å². The minimum atomic E-state index is 0.274. The van der Waals surface area contributed by atoms with Crippen molar-refractivity contribution in [2.24, 2.45) is 0 Å². The van der Waals surface area contributed by atoms with Crippen LogP contribution in [0.2, 0.25) is 0 Å². The zero-order chi connectivity index (χ0) is 14.7. The number of benzene rings is 1. The molecule has 1 aliphatic rings. The highest BCUT2D eigenvalue weighted by molar-refractivity contribution is 5.79. The summed E-state index contributed by atoms with van der Waals surface area (Å²) in [4.78, 5) is 16.9. The van der Waals surface area contributed by atoms with E-state index < -0.39 is 0 Å². The van der Waals surface area contributed by atoms with Crippen molar-refractivity contribution in [1.82, 2.24) is 9.80 Å². The third kappa shape index (κ3) is 3.40. The maximum atomic E-state index is 12.5. The standard InChI is InChI=1S/C17H26N2O/c1-5-18-6-8-19(9-7-18)17(20)12-16-14(3)10-13(2)11-15(16)4/h10-11H,5-9,12H2,1-4H3. The molecule has 3 heteroatoms. The molecule has 0 aliphatic carbocycles. The molecule has 3 nitrogen and oxygen atoms in total. The second-order valence-corrected chi connectivity index (χ2v) is 5.87. The zero-order valence-electron chi connectivity index (χ0n) is 13.2. The summed E-state index contributed by atoms with van der Waals surface area (Å²) in [5.41, 5.74) is 4.96. The molecule has 0 saturated carbocycles. The Bertz CT molecular complexity index is 465. The Morgan fingerprint density at radius 2 is 1.60 bits per heavy atom. The van der Waals surface area contributed by atoms with E-state index >= 15 is 0 Å². The van der Waals surface area contributed by atoms with Crippen LogP contribution in [-0.4, -0.2) is 48.4 Å². The van der Waals surface area contributed by atoms with E-state index in [-0.39, 0.29) is 5.91 Å². The van der Waals surface area contributed by atoms with Crippen molar-refractivity contribution in [1.29, 1.82) is 0 Å². The molecule has 1 aromatic carbocycles. The van der Waals surface area contributed by atoms with Crippen LogP contribution in [0, 0.1) is 20.8 Å². The van der Waals surface area contributed by atoms with E-state index in [1.165, 1.54) is 22.3 Å². The van der Waals surface area contributed by atoms with E-state index in [1.54, 1.807) is 0 Å². The Morgan fingerprint density at radius 3 is 2.10 bits per heavy atom. The first kappa shape index (κ1) is 15.0. The fourth-order valence-corrected chi connectivity index (χ4v) is 3.07. The molecule has 110 valence electrons. The van der Waals surface area contributed by atoms with Crippen molar-refractivity contribution >= 4 is 5.91 Å². The first-order chi connectivity index (χ1) is 9.51. The van der Waals surface area contributed by atoms with Crippen molar-refractivity contribution in [2.75, 3.05) is 32.7 Å². The lowest BCUT2D eigenvalue weighted by Gasteiger charge is -2.34. The normalized spacial score (nSPS) is 16.5. The molecule has 1 saturated heterocycles. The molecule has 0 unspecified atom stereocenters. The fraction of sp³-hybridized carbons (Fsp3) is 0.588. The molecule has 0 spiro atoms. The lowest BCUT2D eigenvalue weighted by Crippen LogP contribution is -2.49. The molecule has 0 N–H and O–H groups in total. The van der Waals surface area contributed by atoms with Crippen LogP contribution in [0.1, 0.15) is 29.2 Å². The van der Waals surface area contributed by atoms with E-state index in [2.05, 4.69) is 44.7 Å². The van der Waals surface area contributed by atoms with Gasteiger partial charge >= 0.3 is 0 Å². The van der Waals surface area contributed by atoms with Crippen molar-refractivity contribution < 1.29 is 4.79 Å². The van der Waals surface area contributed by atoms with Crippen LogP contribution in [0.25, 0.3) is 0 Å². The van der Waals surface area contributed by atoms with Gasteiger partial charge in [-0.3, -0.25) is 4.79 Å². The minimum Gasteiger partial charge on any atom is -0.340 e. The Kier molecular flexibility index (Phi) is 4.81. The predicted molar refractivity (Wildman–Crippen MR) is 83.1 cm³/mol. The Labute approximate surface area is 122 Å². The van der Waals surface area contributed by atoms with Gasteiger partial charge in [-0.05, 0) is 44.0 Å². The average Bonchev–Trinajstić information content (AvgIpc) is 2.42. The van der Waals surface area contributed by atoms with E-state index in [0.717, 1.165) is 32.7 Å². The maximum Gasteiger partial charge on any atom is 0.227 e. The lowest BCUT2D eigenvalue weighted by molar-refractivity contribution is -0.132. The molecule has 1 amide bonds. The van der Waals surface area contributed by atoms with Gasteiger partial charge in [-0.15, -0.1) is 0 Å². The van der Waals surface area contributed by atoms with Crippen LogP contribution in [0.15, 0.2) is 12.1 Å². The first-order valence-corrected chi connectivity index (χ1v) is 7.58. The van der Waals surface area contributed by atoms with Gasteiger partial charge in [-0.1, -0.05) is 24.6 Å². The molecule has 1 aromatic rings. The number of nitrogens with zero attached hydrogens (tertiary/aromatic N) is 2. The number of hydrogen-bond acceptors (Lipinski definition) is 2. The van der Waals surface area contributed by atoms with Gasteiger partial charge in [0.1, 0.15) is 0 Å². The van der Waals surface area contributed by atoms with Gasteiger partial charge in [0.15, 0.2) is 0 Å². The lowest BCUT2D eigenvalue weighted by atomic mass is 9.97. The third-order valence-corrected chi connectivity index (χ3v) is 4.34. The number of piperazine rings is 1. The number of carbonyl (C=O) groups excluding carboxylic acids is 1. The van der Waals surface area contributed by atoms with Crippen molar-refractivity contribution in [3.05, 3.63) is 34.4 Å². The highest BCUT2D eigenvalue weighted by Gasteiger charge is 2.21. The van der Waals surface area contributed by atoms with Gasteiger partial charge in [-0.2, -0.15) is 0 Å². The monoisotopic (exact) mass is 274 g/mol. The summed E-state index contributed by atoms with van der Waals surface area (Å²) in [5.74, 6) is 0.274. The summed E-state index contributed by atoms with van der Waals surface area (Å²) in [5, 5.41) is 0. The Morgan fingerprint density at radius 1 is 1.05 bits per heavy atom. The van der Waals surface area contributed by atoms with Crippen molar-refractivity contribution in [2.45, 2.75) is 34.1 Å². The molecule has 1 aliphatic heterocycles. The van der Waals surface area contributed by atoms with Gasteiger partial charge in [0, 0.05) is 26.2 Å². The van der Waals surface area contributed by atoms with Gasteiger partial charge in [-0.25, -0.2) is 0 Å². The highest BCUT2D eigenvalue weighted by Crippen LogP contribution is 2.18. The van der Waals surface area contributed by atoms with Gasteiger partial charge in [0.05, 0.1) is 6.42 Å². The summed E-state index contributed by atoms with van der Waals surface area (Å²) < 4.78 is 0. The Balaban J connectivity index is 2.02. The molecule has 0 bridgehead atoms. The first-order valence-electron chi connectivity index (χ1n) is 7.58. The van der Waals surface area contributed by atoms with Crippen molar-refractivity contribution in [3.63, 3.8) is 0 Å². The molecule has 0 radical (unpaired) electrons. The van der Waals surface area contributed by atoms with Crippen LogP contribution in [-0.2, 0) is 11.2 Å². The number of amides is 1. The second-order valence-electron chi connectivity index (χ2n) is 5.87. The number of likely N-dealkylation sites (N-methyl/N-ethyl adjacent to an activating group) is 1. The average molecular weight is 274 g/mol. The van der Waals surface area contributed by atoms with Crippen LogP contribution in [0.3, 0.4) is 0 Å². The molecule has 1 fully saturated rings. The zero-order valence-corrected chi connectivity index (χ0v) is 13.2. The largest absolute Gasteiger partial charge is 0.340 e. The van der Waals surface area contributed by atoms with E-state index in [0.29, 0.717) is 6.42 Å². The van der Waals surface area contributed by atoms with Crippen LogP contribution < -0.4 is 0 Å². The summed E-state index contributed by atoms with van der Waals surface area (Å²) in [6, 6.07) is 4.34. The SMILES string of the molecule is CCN1CCN(C(=O)Cc2c(C)cc(C)cc2C)CC1. The van der Waals surface area contributed by atoms with Crippen LogP contribution in [0.5, 0.6) is 0 Å². The number of hydrogen-bond donors (Lipinski definition) is 0. The molecule has 0 aromatic heterocycles. The number of carbonyl (C=O) groups is 1. The van der Waals surface area contributed by atoms with E-state index in [9.17, 15) is 4.79 Å². The van der Waals surface area contributed by atoms with E-state index in [1.807, 2.05) is 4.90 Å². The van der Waals surface area contributed by atoms with Gasteiger partial charge in [0.2, 0.25) is 5.91 Å². The number of rotatable bonds is 3. The van der Waals surface area contributed by atoms with Crippen LogP contribution >= 0.6 is 0 Å². The maximum absolute atomic E-state index is 12.5. The molecular weight excluding hydrogens is 248 g/mol. The summed E-state index contributed by atoms with van der Waals surface area (Å²) in [6.45, 7) is 13.3. The van der Waals surface area contributed by atoms with Gasteiger partial charge < -0.3 is 9.80 Å². The quantitative estimate of drug-likeness (QED) is 0.844. The molecular formula is C17H26N2O.